The summed E-state index contributed by atoms with van der Waals surface area (Å²) in [5.41, 5.74) is 0.987. The highest BCUT2D eigenvalue weighted by molar-refractivity contribution is 5.67. The van der Waals surface area contributed by atoms with E-state index in [-0.39, 0.29) is 18.2 Å². The highest BCUT2D eigenvalue weighted by Crippen LogP contribution is 2.21. The highest BCUT2D eigenvalue weighted by Gasteiger charge is 2.31. The molecule has 0 radical (unpaired) electrons. The summed E-state index contributed by atoms with van der Waals surface area (Å²) in [4.78, 5) is 11.7. The smallest absolute Gasteiger partial charge is 0.407 e. The molecule has 2 N–H and O–H groups in total. The lowest BCUT2D eigenvalue weighted by Crippen LogP contribution is -2.54. The quantitative estimate of drug-likeness (QED) is 0.790. The average molecular weight is 286 g/mol. The Morgan fingerprint density at radius 2 is 2.10 bits per heavy atom. The van der Waals surface area contributed by atoms with Crippen LogP contribution in [0, 0.1) is 12.3 Å². The third-order valence-corrected chi connectivity index (χ3v) is 3.72. The van der Waals surface area contributed by atoms with E-state index in [4.69, 9.17) is 11.2 Å². The third kappa shape index (κ3) is 4.80. The van der Waals surface area contributed by atoms with Crippen molar-refractivity contribution >= 4 is 6.09 Å². The molecule has 2 rings (SSSR count). The first-order valence-corrected chi connectivity index (χ1v) is 7.40. The molecule has 0 heterocycles. The number of ether oxygens (including phenoxy) is 1. The summed E-state index contributed by atoms with van der Waals surface area (Å²) in [6, 6.07) is 10.4. The second-order valence-electron chi connectivity index (χ2n) is 5.37. The summed E-state index contributed by atoms with van der Waals surface area (Å²) in [6.45, 7) is 2.36. The van der Waals surface area contributed by atoms with Gasteiger partial charge in [-0.3, -0.25) is 0 Å². The summed E-state index contributed by atoms with van der Waals surface area (Å²) in [6.07, 6.45) is 7.79. The van der Waals surface area contributed by atoms with Crippen molar-refractivity contribution in [2.45, 2.75) is 50.9 Å². The van der Waals surface area contributed by atoms with E-state index in [1.165, 1.54) is 0 Å². The van der Waals surface area contributed by atoms with E-state index in [1.807, 2.05) is 30.3 Å². The zero-order valence-electron chi connectivity index (χ0n) is 12.3. The number of terminal acetylenes is 1. The van der Waals surface area contributed by atoms with E-state index >= 15 is 0 Å². The Morgan fingerprint density at radius 3 is 2.71 bits per heavy atom. The maximum Gasteiger partial charge on any atom is 0.407 e. The molecule has 1 aromatic carbocycles. The van der Waals surface area contributed by atoms with Gasteiger partial charge in [0.05, 0.1) is 6.04 Å². The van der Waals surface area contributed by atoms with Gasteiger partial charge in [-0.25, -0.2) is 4.79 Å². The zero-order valence-corrected chi connectivity index (χ0v) is 12.3. The van der Waals surface area contributed by atoms with E-state index < -0.39 is 0 Å². The standard InChI is InChI=1S/C17H22N2O2/c1-3-14(4-2)18-15-10-16(11-15)19-17(20)21-12-13-8-6-5-7-9-13/h1,5-9,14-16,18H,4,10-12H2,2H3,(H,19,20). The van der Waals surface area contributed by atoms with Crippen molar-refractivity contribution in [3.05, 3.63) is 35.9 Å². The largest absolute Gasteiger partial charge is 0.445 e. The first-order valence-electron chi connectivity index (χ1n) is 7.40. The zero-order chi connectivity index (χ0) is 15.1. The number of alkyl carbamates (subject to hydrolysis) is 1. The predicted octanol–water partition coefficient (Wildman–Crippen LogP) is 2.45. The molecule has 1 aromatic rings. The molecule has 1 aliphatic carbocycles. The van der Waals surface area contributed by atoms with Crippen molar-refractivity contribution in [2.24, 2.45) is 0 Å². The van der Waals surface area contributed by atoms with Crippen LogP contribution in [0.3, 0.4) is 0 Å². The number of carbonyl (C=O) groups excluding carboxylic acids is 1. The van der Waals surface area contributed by atoms with Crippen LogP contribution in [0.15, 0.2) is 30.3 Å². The van der Waals surface area contributed by atoms with Crippen LogP contribution < -0.4 is 10.6 Å². The second-order valence-corrected chi connectivity index (χ2v) is 5.37. The van der Waals surface area contributed by atoms with Gasteiger partial charge in [0.2, 0.25) is 0 Å². The number of hydrogen-bond donors (Lipinski definition) is 2. The van der Waals surface area contributed by atoms with Crippen LogP contribution in [0.1, 0.15) is 31.7 Å². The fourth-order valence-corrected chi connectivity index (χ4v) is 2.37. The van der Waals surface area contributed by atoms with E-state index in [9.17, 15) is 4.79 Å². The van der Waals surface area contributed by atoms with Crippen LogP contribution in [0.4, 0.5) is 4.79 Å². The van der Waals surface area contributed by atoms with Crippen molar-refractivity contribution in [1.82, 2.24) is 10.6 Å². The summed E-state index contributed by atoms with van der Waals surface area (Å²) < 4.78 is 5.19. The molecule has 1 fully saturated rings. The normalized spacial score (nSPS) is 21.7. The van der Waals surface area contributed by atoms with Gasteiger partial charge in [0.15, 0.2) is 0 Å². The summed E-state index contributed by atoms with van der Waals surface area (Å²) in [7, 11) is 0. The molecule has 1 saturated carbocycles. The lowest BCUT2D eigenvalue weighted by atomic mass is 9.86. The molecule has 1 amide bonds. The third-order valence-electron chi connectivity index (χ3n) is 3.72. The van der Waals surface area contributed by atoms with Crippen molar-refractivity contribution < 1.29 is 9.53 Å². The Bertz CT molecular complexity index is 489. The van der Waals surface area contributed by atoms with Crippen LogP contribution in [0.25, 0.3) is 0 Å². The molecule has 4 nitrogen and oxygen atoms in total. The van der Waals surface area contributed by atoms with Crippen LogP contribution in [0.5, 0.6) is 0 Å². The summed E-state index contributed by atoms with van der Waals surface area (Å²) in [5, 5.41) is 6.26. The van der Waals surface area contributed by atoms with Gasteiger partial charge in [-0.05, 0) is 24.8 Å². The lowest BCUT2D eigenvalue weighted by molar-refractivity contribution is 0.125. The van der Waals surface area contributed by atoms with Gasteiger partial charge in [-0.2, -0.15) is 0 Å². The van der Waals surface area contributed by atoms with E-state index in [0.717, 1.165) is 24.8 Å². The fourth-order valence-electron chi connectivity index (χ4n) is 2.37. The SMILES string of the molecule is C#CC(CC)NC1CC(NC(=O)OCc2ccccc2)C1. The molecule has 0 aromatic heterocycles. The first-order chi connectivity index (χ1) is 10.2. The molecule has 1 atom stereocenters. The molecule has 4 heteroatoms. The van der Waals surface area contributed by atoms with E-state index in [2.05, 4.69) is 23.5 Å². The monoisotopic (exact) mass is 286 g/mol. The Morgan fingerprint density at radius 1 is 1.38 bits per heavy atom. The van der Waals surface area contributed by atoms with Gasteiger partial charge in [-0.15, -0.1) is 6.42 Å². The average Bonchev–Trinajstić information content (AvgIpc) is 2.48. The number of amides is 1. The molecular weight excluding hydrogens is 264 g/mol. The van der Waals surface area contributed by atoms with Crippen LogP contribution in [0.2, 0.25) is 0 Å². The molecule has 1 aliphatic rings. The number of nitrogens with one attached hydrogen (secondary N) is 2. The molecular formula is C17H22N2O2. The molecule has 112 valence electrons. The Balaban J connectivity index is 1.61. The minimum Gasteiger partial charge on any atom is -0.445 e. The number of carbonyl (C=O) groups is 1. The van der Waals surface area contributed by atoms with Gasteiger partial charge in [0.1, 0.15) is 6.61 Å². The summed E-state index contributed by atoms with van der Waals surface area (Å²) >= 11 is 0. The minimum atomic E-state index is -0.355. The molecule has 1 unspecified atom stereocenters. The number of benzene rings is 1. The van der Waals surface area contributed by atoms with Gasteiger partial charge >= 0.3 is 6.09 Å². The number of hydrogen-bond acceptors (Lipinski definition) is 3. The molecule has 0 aliphatic heterocycles. The van der Waals surface area contributed by atoms with Gasteiger partial charge < -0.3 is 15.4 Å². The van der Waals surface area contributed by atoms with E-state index in [0.29, 0.717) is 12.6 Å². The molecule has 0 bridgehead atoms. The van der Waals surface area contributed by atoms with Gasteiger partial charge in [0.25, 0.3) is 0 Å². The van der Waals surface area contributed by atoms with Crippen LogP contribution in [-0.4, -0.2) is 24.2 Å². The highest BCUT2D eigenvalue weighted by atomic mass is 16.5. The lowest BCUT2D eigenvalue weighted by Gasteiger charge is -2.37. The Kier molecular flexibility index (Phi) is 5.65. The second kappa shape index (κ2) is 7.70. The maximum atomic E-state index is 11.7. The topological polar surface area (TPSA) is 50.4 Å². The summed E-state index contributed by atoms with van der Waals surface area (Å²) in [5.74, 6) is 2.72. The Hall–Kier alpha value is -1.99. The van der Waals surface area contributed by atoms with Crippen LogP contribution in [-0.2, 0) is 11.3 Å². The predicted molar refractivity (Wildman–Crippen MR) is 82.6 cm³/mol. The van der Waals surface area contributed by atoms with Crippen molar-refractivity contribution in [2.75, 3.05) is 0 Å². The maximum absolute atomic E-state index is 11.7. The van der Waals surface area contributed by atoms with Crippen LogP contribution >= 0.6 is 0 Å². The Labute approximate surface area is 126 Å². The first kappa shape index (κ1) is 15.4. The minimum absolute atomic E-state index is 0.126. The molecule has 21 heavy (non-hydrogen) atoms. The fraction of sp³-hybridized carbons (Fsp3) is 0.471. The number of rotatable bonds is 6. The van der Waals surface area contributed by atoms with Crippen molar-refractivity contribution in [1.29, 1.82) is 0 Å². The van der Waals surface area contributed by atoms with E-state index in [1.54, 1.807) is 0 Å². The molecule has 0 spiro atoms. The van der Waals surface area contributed by atoms with Crippen molar-refractivity contribution in [3.8, 4) is 12.3 Å². The van der Waals surface area contributed by atoms with Crippen molar-refractivity contribution in [3.63, 3.8) is 0 Å². The van der Waals surface area contributed by atoms with Gasteiger partial charge in [0, 0.05) is 12.1 Å². The van der Waals surface area contributed by atoms with Gasteiger partial charge in [-0.1, -0.05) is 43.2 Å². The molecule has 0 saturated heterocycles.